The van der Waals surface area contributed by atoms with E-state index in [0.717, 1.165) is 51.4 Å². The summed E-state index contributed by atoms with van der Waals surface area (Å²) in [4.78, 5) is 26.2. The summed E-state index contributed by atoms with van der Waals surface area (Å²) in [5.74, 6) is -0.189. The van der Waals surface area contributed by atoms with E-state index in [4.69, 9.17) is 9.47 Å². The highest BCUT2D eigenvalue weighted by molar-refractivity contribution is 9.11. The number of carbonyl (C=O) groups is 2. The number of hydrogen-bond donors (Lipinski definition) is 0. The van der Waals surface area contributed by atoms with E-state index in [-0.39, 0.29) is 17.4 Å². The maximum absolute atomic E-state index is 11.7. The molecule has 0 atom stereocenters. The minimum atomic E-state index is -0.0946. The Morgan fingerprint density at radius 1 is 0.758 bits per heavy atom. The predicted octanol–water partition coefficient (Wildman–Crippen LogP) is 8.63. The molecule has 0 saturated heterocycles. The number of halogens is 2. The van der Waals surface area contributed by atoms with Crippen LogP contribution in [0.4, 0.5) is 0 Å². The Balaban J connectivity index is 1.69. The van der Waals surface area contributed by atoms with E-state index < -0.39 is 0 Å². The SMILES string of the molecule is CCOC(=O)CCCCCC1(CCCCCC(=O)OCC)c2cc(Br)sc2-c2sc(Br)cc21. The number of thiophene rings is 2. The van der Waals surface area contributed by atoms with Gasteiger partial charge in [-0.3, -0.25) is 9.59 Å². The van der Waals surface area contributed by atoms with Gasteiger partial charge in [0.05, 0.1) is 20.8 Å². The first-order valence-corrected chi connectivity index (χ1v) is 15.0. The van der Waals surface area contributed by atoms with Crippen molar-refractivity contribution in [1.29, 1.82) is 0 Å². The second-order valence-electron chi connectivity index (χ2n) is 8.40. The third-order valence-corrected chi connectivity index (χ3v) is 9.66. The van der Waals surface area contributed by atoms with Crippen molar-refractivity contribution in [3.05, 3.63) is 30.8 Å². The normalized spacial score (nSPS) is 13.6. The first kappa shape index (κ1) is 26.9. The lowest BCUT2D eigenvalue weighted by atomic mass is 9.71. The molecule has 0 radical (unpaired) electrons. The van der Waals surface area contributed by atoms with Crippen LogP contribution >= 0.6 is 54.5 Å². The van der Waals surface area contributed by atoms with Gasteiger partial charge < -0.3 is 9.47 Å². The van der Waals surface area contributed by atoms with Gasteiger partial charge >= 0.3 is 11.9 Å². The zero-order chi connectivity index (χ0) is 23.8. The molecule has 1 aliphatic rings. The second-order valence-corrected chi connectivity index (χ2v) is 13.3. The van der Waals surface area contributed by atoms with E-state index in [1.54, 1.807) is 0 Å². The fourth-order valence-corrected chi connectivity index (χ4v) is 8.35. The standard InChI is InChI=1S/C25H32Br2O4S2/c1-3-30-21(28)11-7-5-9-13-25(14-10-6-8-12-22(29)31-4-2)17-15-19(26)32-23(17)24-18(25)16-20(27)33-24/h15-16H,3-14H2,1-2H3. The summed E-state index contributed by atoms with van der Waals surface area (Å²) in [6.07, 6.45) is 9.06. The quantitative estimate of drug-likeness (QED) is 0.157. The molecule has 0 aromatic carbocycles. The summed E-state index contributed by atoms with van der Waals surface area (Å²) in [6, 6.07) is 4.63. The lowest BCUT2D eigenvalue weighted by Crippen LogP contribution is -2.25. The number of esters is 2. The third-order valence-electron chi connectivity index (χ3n) is 6.22. The molecule has 3 rings (SSSR count). The third kappa shape index (κ3) is 6.71. The molecule has 4 nitrogen and oxygen atoms in total. The number of hydrogen-bond acceptors (Lipinski definition) is 6. The van der Waals surface area contributed by atoms with E-state index in [1.807, 2.05) is 36.5 Å². The summed E-state index contributed by atoms with van der Waals surface area (Å²) in [6.45, 7) is 4.59. The van der Waals surface area contributed by atoms with Crippen molar-refractivity contribution in [2.45, 2.75) is 83.5 Å². The molecule has 0 amide bonds. The minimum absolute atomic E-state index is 0.00353. The Hall–Kier alpha value is -0.700. The van der Waals surface area contributed by atoms with Gasteiger partial charge in [-0.1, -0.05) is 25.7 Å². The Kier molecular flexibility index (Phi) is 10.5. The second kappa shape index (κ2) is 12.8. The van der Waals surface area contributed by atoms with E-state index >= 15 is 0 Å². The zero-order valence-electron chi connectivity index (χ0n) is 19.3. The van der Waals surface area contributed by atoms with Crippen molar-refractivity contribution in [2.75, 3.05) is 13.2 Å². The summed E-state index contributed by atoms with van der Waals surface area (Å²) >= 11 is 11.1. The molecule has 0 fully saturated rings. The average Bonchev–Trinajstić information content (AvgIpc) is 3.40. The van der Waals surface area contributed by atoms with E-state index in [9.17, 15) is 9.59 Å². The smallest absolute Gasteiger partial charge is 0.305 e. The number of ether oxygens (including phenoxy) is 2. The predicted molar refractivity (Wildman–Crippen MR) is 143 cm³/mol. The average molecular weight is 620 g/mol. The molecule has 0 aliphatic heterocycles. The van der Waals surface area contributed by atoms with Crippen molar-refractivity contribution < 1.29 is 19.1 Å². The van der Waals surface area contributed by atoms with Gasteiger partial charge in [0.15, 0.2) is 0 Å². The highest BCUT2D eigenvalue weighted by atomic mass is 79.9. The maximum Gasteiger partial charge on any atom is 0.305 e. The van der Waals surface area contributed by atoms with E-state index in [1.165, 1.54) is 28.5 Å². The summed E-state index contributed by atoms with van der Waals surface area (Å²) in [7, 11) is 0. The Morgan fingerprint density at radius 2 is 1.18 bits per heavy atom. The van der Waals surface area contributed by atoms with Crippen LogP contribution < -0.4 is 0 Å². The highest BCUT2D eigenvalue weighted by Crippen LogP contribution is 2.60. The number of fused-ring (bicyclic) bond motifs is 3. The molecular formula is C25H32Br2O4S2. The molecule has 2 heterocycles. The fourth-order valence-electron chi connectivity index (χ4n) is 4.79. The van der Waals surface area contributed by atoms with Crippen molar-refractivity contribution in [3.8, 4) is 9.75 Å². The summed E-state index contributed by atoms with van der Waals surface area (Å²) in [5, 5.41) is 0. The number of carbonyl (C=O) groups excluding carboxylic acids is 2. The molecule has 8 heteroatoms. The van der Waals surface area contributed by atoms with Crippen molar-refractivity contribution >= 4 is 66.5 Å². The Bertz CT molecular complexity index is 874. The lowest BCUT2D eigenvalue weighted by Gasteiger charge is -2.31. The van der Waals surface area contributed by atoms with Gasteiger partial charge in [-0.2, -0.15) is 0 Å². The molecule has 0 saturated carbocycles. The van der Waals surface area contributed by atoms with Crippen LogP contribution in [0.2, 0.25) is 0 Å². The zero-order valence-corrected chi connectivity index (χ0v) is 24.2. The van der Waals surface area contributed by atoms with Gasteiger partial charge in [0.2, 0.25) is 0 Å². The first-order chi connectivity index (χ1) is 15.9. The maximum atomic E-state index is 11.7. The Morgan fingerprint density at radius 3 is 1.58 bits per heavy atom. The molecular weight excluding hydrogens is 588 g/mol. The lowest BCUT2D eigenvalue weighted by molar-refractivity contribution is -0.144. The highest BCUT2D eigenvalue weighted by Gasteiger charge is 2.45. The van der Waals surface area contributed by atoms with Gasteiger partial charge in [0.1, 0.15) is 0 Å². The fraction of sp³-hybridized carbons (Fsp3) is 0.600. The molecule has 2 aromatic rings. The molecule has 0 bridgehead atoms. The summed E-state index contributed by atoms with van der Waals surface area (Å²) < 4.78 is 12.5. The van der Waals surface area contributed by atoms with Crippen LogP contribution in [-0.4, -0.2) is 25.2 Å². The monoisotopic (exact) mass is 618 g/mol. The molecule has 182 valence electrons. The first-order valence-electron chi connectivity index (χ1n) is 11.8. The van der Waals surface area contributed by atoms with Gasteiger partial charge in [-0.15, -0.1) is 22.7 Å². The summed E-state index contributed by atoms with van der Waals surface area (Å²) in [5.41, 5.74) is 2.90. The van der Waals surface area contributed by atoms with Crippen LogP contribution in [0.3, 0.4) is 0 Å². The van der Waals surface area contributed by atoms with Crippen molar-refractivity contribution in [2.24, 2.45) is 0 Å². The molecule has 0 unspecified atom stereocenters. The number of unbranched alkanes of at least 4 members (excludes halogenated alkanes) is 4. The number of rotatable bonds is 14. The van der Waals surface area contributed by atoms with Crippen LogP contribution in [0.25, 0.3) is 9.75 Å². The molecule has 2 aromatic heterocycles. The molecule has 0 N–H and O–H groups in total. The van der Waals surface area contributed by atoms with Crippen LogP contribution in [0.5, 0.6) is 0 Å². The van der Waals surface area contributed by atoms with Crippen LogP contribution in [-0.2, 0) is 24.5 Å². The van der Waals surface area contributed by atoms with E-state index in [2.05, 4.69) is 44.0 Å². The van der Waals surface area contributed by atoms with Crippen LogP contribution in [0.15, 0.2) is 19.7 Å². The van der Waals surface area contributed by atoms with Crippen LogP contribution in [0, 0.1) is 0 Å². The Labute approximate surface area is 221 Å². The van der Waals surface area contributed by atoms with Gasteiger partial charge in [0.25, 0.3) is 0 Å². The topological polar surface area (TPSA) is 52.6 Å². The molecule has 0 spiro atoms. The molecule has 1 aliphatic carbocycles. The van der Waals surface area contributed by atoms with Crippen LogP contribution in [0.1, 0.15) is 89.2 Å². The minimum Gasteiger partial charge on any atom is -0.466 e. The largest absolute Gasteiger partial charge is 0.466 e. The molecule has 33 heavy (non-hydrogen) atoms. The van der Waals surface area contributed by atoms with Crippen molar-refractivity contribution in [1.82, 2.24) is 0 Å². The van der Waals surface area contributed by atoms with Gasteiger partial charge in [-0.05, 0) is 94.7 Å². The van der Waals surface area contributed by atoms with Gasteiger partial charge in [0, 0.05) is 28.0 Å². The van der Waals surface area contributed by atoms with Gasteiger partial charge in [-0.25, -0.2) is 0 Å². The van der Waals surface area contributed by atoms with E-state index in [0.29, 0.717) is 26.1 Å². The van der Waals surface area contributed by atoms with Crippen molar-refractivity contribution in [3.63, 3.8) is 0 Å².